The van der Waals surface area contributed by atoms with Gasteiger partial charge in [-0.2, -0.15) is 0 Å². The molecule has 0 amide bonds. The van der Waals surface area contributed by atoms with Crippen LogP contribution in [0.3, 0.4) is 0 Å². The van der Waals surface area contributed by atoms with E-state index in [2.05, 4.69) is 18.7 Å². The first-order chi connectivity index (χ1) is 8.99. The second-order valence-corrected chi connectivity index (χ2v) is 4.89. The van der Waals surface area contributed by atoms with E-state index in [0.717, 1.165) is 18.7 Å². The molecule has 0 aromatic heterocycles. The first-order valence-corrected chi connectivity index (χ1v) is 6.77. The molecule has 0 bridgehead atoms. The molecular weight excluding hydrogens is 240 g/mol. The minimum Gasteiger partial charge on any atom is -0.462 e. The molecule has 0 fully saturated rings. The Morgan fingerprint density at radius 1 is 1.42 bits per heavy atom. The van der Waals surface area contributed by atoms with E-state index in [-0.39, 0.29) is 5.97 Å². The maximum Gasteiger partial charge on any atom is 0.338 e. The van der Waals surface area contributed by atoms with E-state index in [1.807, 2.05) is 7.05 Å². The number of ether oxygens (including phenoxy) is 1. The summed E-state index contributed by atoms with van der Waals surface area (Å²) in [5, 5.41) is 0. The van der Waals surface area contributed by atoms with Crippen LogP contribution in [0.2, 0.25) is 0 Å². The van der Waals surface area contributed by atoms with E-state index in [9.17, 15) is 4.79 Å². The fraction of sp³-hybridized carbons (Fsp3) is 0.533. The standard InChI is InChI=1S/C15H24N2O2/c1-5-11(3)10-17(4)14-9-12(7-8-13(14)16)15(18)19-6-2/h7-9,11H,5-6,10,16H2,1-4H3. The summed E-state index contributed by atoms with van der Waals surface area (Å²) in [6.45, 7) is 7.44. The highest BCUT2D eigenvalue weighted by Crippen LogP contribution is 2.25. The van der Waals surface area contributed by atoms with Crippen molar-refractivity contribution in [2.24, 2.45) is 5.92 Å². The van der Waals surface area contributed by atoms with Gasteiger partial charge in [-0.1, -0.05) is 20.3 Å². The largest absolute Gasteiger partial charge is 0.462 e. The fourth-order valence-corrected chi connectivity index (χ4v) is 1.91. The predicted molar refractivity (Wildman–Crippen MR) is 79.5 cm³/mol. The summed E-state index contributed by atoms with van der Waals surface area (Å²) < 4.78 is 5.01. The smallest absolute Gasteiger partial charge is 0.338 e. The molecule has 1 atom stereocenters. The molecular formula is C15H24N2O2. The number of rotatable bonds is 6. The molecule has 1 aromatic rings. The van der Waals surface area contributed by atoms with Crippen LogP contribution in [0, 0.1) is 5.92 Å². The van der Waals surface area contributed by atoms with E-state index in [0.29, 0.717) is 23.8 Å². The molecule has 1 rings (SSSR count). The van der Waals surface area contributed by atoms with Crippen LogP contribution in [0.5, 0.6) is 0 Å². The molecule has 1 unspecified atom stereocenters. The summed E-state index contributed by atoms with van der Waals surface area (Å²) >= 11 is 0. The summed E-state index contributed by atoms with van der Waals surface area (Å²) in [5.41, 5.74) is 8.09. The molecule has 0 saturated carbocycles. The average molecular weight is 264 g/mol. The van der Waals surface area contributed by atoms with Crippen LogP contribution in [0.1, 0.15) is 37.6 Å². The highest BCUT2D eigenvalue weighted by atomic mass is 16.5. The number of hydrogen-bond donors (Lipinski definition) is 1. The maximum absolute atomic E-state index is 11.7. The van der Waals surface area contributed by atoms with Gasteiger partial charge in [0.05, 0.1) is 23.5 Å². The summed E-state index contributed by atoms with van der Waals surface area (Å²) in [5.74, 6) is 0.274. The quantitative estimate of drug-likeness (QED) is 0.634. The van der Waals surface area contributed by atoms with E-state index in [1.54, 1.807) is 25.1 Å². The molecule has 19 heavy (non-hydrogen) atoms. The van der Waals surface area contributed by atoms with Crippen LogP contribution in [-0.4, -0.2) is 26.2 Å². The van der Waals surface area contributed by atoms with Gasteiger partial charge in [0.1, 0.15) is 0 Å². The van der Waals surface area contributed by atoms with Crippen LogP contribution in [-0.2, 0) is 4.74 Å². The van der Waals surface area contributed by atoms with Gasteiger partial charge in [0.2, 0.25) is 0 Å². The minimum absolute atomic E-state index is 0.305. The Balaban J connectivity index is 2.93. The lowest BCUT2D eigenvalue weighted by Gasteiger charge is -2.24. The molecule has 0 aliphatic heterocycles. The van der Waals surface area contributed by atoms with Crippen molar-refractivity contribution in [2.45, 2.75) is 27.2 Å². The highest BCUT2D eigenvalue weighted by Gasteiger charge is 2.13. The van der Waals surface area contributed by atoms with Crippen molar-refractivity contribution in [1.29, 1.82) is 0 Å². The average Bonchev–Trinajstić information content (AvgIpc) is 2.39. The van der Waals surface area contributed by atoms with Crippen LogP contribution < -0.4 is 10.6 Å². The second-order valence-electron chi connectivity index (χ2n) is 4.89. The highest BCUT2D eigenvalue weighted by molar-refractivity contribution is 5.92. The maximum atomic E-state index is 11.7. The number of carbonyl (C=O) groups excluding carboxylic acids is 1. The third kappa shape index (κ3) is 4.16. The molecule has 0 spiro atoms. The van der Waals surface area contributed by atoms with E-state index < -0.39 is 0 Å². The zero-order chi connectivity index (χ0) is 14.4. The van der Waals surface area contributed by atoms with Gasteiger partial charge in [-0.05, 0) is 31.0 Å². The summed E-state index contributed by atoms with van der Waals surface area (Å²) in [6, 6.07) is 5.26. The molecule has 0 aliphatic rings. The Hall–Kier alpha value is -1.71. The number of nitrogen functional groups attached to an aromatic ring is 1. The third-order valence-electron chi connectivity index (χ3n) is 3.24. The molecule has 0 aliphatic carbocycles. The van der Waals surface area contributed by atoms with Crippen molar-refractivity contribution in [1.82, 2.24) is 0 Å². The van der Waals surface area contributed by atoms with Gasteiger partial charge in [0.25, 0.3) is 0 Å². The van der Waals surface area contributed by atoms with E-state index in [1.165, 1.54) is 0 Å². The van der Waals surface area contributed by atoms with Crippen molar-refractivity contribution in [2.75, 3.05) is 30.8 Å². The van der Waals surface area contributed by atoms with E-state index >= 15 is 0 Å². The molecule has 1 aromatic carbocycles. The van der Waals surface area contributed by atoms with Crippen LogP contribution in [0.25, 0.3) is 0 Å². The molecule has 0 saturated heterocycles. The number of anilines is 2. The Bertz CT molecular complexity index is 432. The molecule has 106 valence electrons. The topological polar surface area (TPSA) is 55.6 Å². The van der Waals surface area contributed by atoms with Gasteiger partial charge in [-0.25, -0.2) is 4.79 Å². The van der Waals surface area contributed by atoms with Crippen molar-refractivity contribution >= 4 is 17.3 Å². The number of benzene rings is 1. The lowest BCUT2D eigenvalue weighted by Crippen LogP contribution is -2.24. The second kappa shape index (κ2) is 7.02. The minimum atomic E-state index is -0.305. The van der Waals surface area contributed by atoms with Gasteiger partial charge in [0, 0.05) is 13.6 Å². The SMILES string of the molecule is CCOC(=O)c1ccc(N)c(N(C)CC(C)CC)c1. The van der Waals surface area contributed by atoms with Crippen molar-refractivity contribution < 1.29 is 9.53 Å². The van der Waals surface area contributed by atoms with Crippen molar-refractivity contribution in [3.05, 3.63) is 23.8 Å². The van der Waals surface area contributed by atoms with Crippen LogP contribution in [0.15, 0.2) is 18.2 Å². The number of nitrogens with zero attached hydrogens (tertiary/aromatic N) is 1. The number of esters is 1. The van der Waals surface area contributed by atoms with Gasteiger partial charge >= 0.3 is 5.97 Å². The van der Waals surface area contributed by atoms with Crippen LogP contribution >= 0.6 is 0 Å². The molecule has 4 nitrogen and oxygen atoms in total. The van der Waals surface area contributed by atoms with Gasteiger partial charge in [-0.3, -0.25) is 0 Å². The number of carbonyl (C=O) groups is 1. The number of hydrogen-bond acceptors (Lipinski definition) is 4. The first kappa shape index (κ1) is 15.3. The Morgan fingerprint density at radius 3 is 2.68 bits per heavy atom. The number of nitrogens with two attached hydrogens (primary N) is 1. The molecule has 4 heteroatoms. The Kier molecular flexibility index (Phi) is 5.67. The molecule has 2 N–H and O–H groups in total. The Morgan fingerprint density at radius 2 is 2.11 bits per heavy atom. The fourth-order valence-electron chi connectivity index (χ4n) is 1.91. The van der Waals surface area contributed by atoms with Gasteiger partial charge < -0.3 is 15.4 Å². The van der Waals surface area contributed by atoms with Crippen molar-refractivity contribution in [3.63, 3.8) is 0 Å². The summed E-state index contributed by atoms with van der Waals surface area (Å²) in [7, 11) is 1.99. The third-order valence-corrected chi connectivity index (χ3v) is 3.24. The summed E-state index contributed by atoms with van der Waals surface area (Å²) in [4.78, 5) is 13.8. The Labute approximate surface area is 115 Å². The normalized spacial score (nSPS) is 12.0. The lowest BCUT2D eigenvalue weighted by atomic mass is 10.1. The zero-order valence-electron chi connectivity index (χ0n) is 12.3. The van der Waals surface area contributed by atoms with Gasteiger partial charge in [0.15, 0.2) is 0 Å². The lowest BCUT2D eigenvalue weighted by molar-refractivity contribution is 0.0526. The van der Waals surface area contributed by atoms with Crippen LogP contribution in [0.4, 0.5) is 11.4 Å². The zero-order valence-corrected chi connectivity index (χ0v) is 12.3. The summed E-state index contributed by atoms with van der Waals surface area (Å²) in [6.07, 6.45) is 1.11. The first-order valence-electron chi connectivity index (χ1n) is 6.77. The van der Waals surface area contributed by atoms with E-state index in [4.69, 9.17) is 10.5 Å². The monoisotopic (exact) mass is 264 g/mol. The van der Waals surface area contributed by atoms with Crippen molar-refractivity contribution in [3.8, 4) is 0 Å². The van der Waals surface area contributed by atoms with Gasteiger partial charge in [-0.15, -0.1) is 0 Å². The molecule has 0 heterocycles. The predicted octanol–water partition coefficient (Wildman–Crippen LogP) is 2.93. The molecule has 0 radical (unpaired) electrons.